The van der Waals surface area contributed by atoms with Crippen molar-refractivity contribution in [1.29, 1.82) is 0 Å². The summed E-state index contributed by atoms with van der Waals surface area (Å²) in [6.45, 7) is -6.75. The second kappa shape index (κ2) is 45.6. The van der Waals surface area contributed by atoms with Crippen LogP contribution in [0.15, 0.2) is 0 Å². The molecule has 0 atom stereocenters. The first-order valence-corrected chi connectivity index (χ1v) is 16.6. The number of rotatable bonds is 33. The molecule has 0 aliphatic heterocycles. The maximum absolute atomic E-state index is 10.6. The Morgan fingerprint density at radius 1 is 0.215 bits per heavy atom. The molecule has 376 valence electrons. The van der Waals surface area contributed by atoms with Crippen LogP contribution in [0.25, 0.3) is 0 Å². The number of hydrogen-bond donors (Lipinski definition) is 12. The van der Waals surface area contributed by atoms with Crippen molar-refractivity contribution < 1.29 is 218 Å². The van der Waals surface area contributed by atoms with E-state index in [1.54, 1.807) is 0 Å². The maximum atomic E-state index is 10.6. The zero-order chi connectivity index (χ0) is 47.1. The minimum Gasteiger partial charge on any atom is -1.00 e. The van der Waals surface area contributed by atoms with E-state index >= 15 is 0 Å². The van der Waals surface area contributed by atoms with Crippen molar-refractivity contribution in [2.45, 2.75) is 0 Å². The van der Waals surface area contributed by atoms with E-state index in [0.717, 1.165) is 29.4 Å². The molecule has 0 saturated heterocycles. The molecule has 12 N–H and O–H groups in total. The summed E-state index contributed by atoms with van der Waals surface area (Å²) in [5, 5.41) is 103. The van der Waals surface area contributed by atoms with Gasteiger partial charge in [0, 0.05) is 108 Å². The second-order valence-corrected chi connectivity index (χ2v) is 12.0. The van der Waals surface area contributed by atoms with Crippen molar-refractivity contribution in [3.8, 4) is 0 Å². The Kier molecular flexibility index (Phi) is 55.2. The predicted octanol–water partition coefficient (Wildman–Crippen LogP) is -9.11. The molecule has 0 aliphatic rings. The molecule has 0 unspecified atom stereocenters. The van der Waals surface area contributed by atoms with Gasteiger partial charge < -0.3 is 62.7 Å². The van der Waals surface area contributed by atoms with E-state index in [2.05, 4.69) is 0 Å². The van der Waals surface area contributed by atoms with E-state index in [-0.39, 0.29) is 139 Å². The van der Waals surface area contributed by atoms with Crippen molar-refractivity contribution in [1.82, 2.24) is 29.4 Å². The first kappa shape index (κ1) is 78.6. The molecular formula is C30H49Fe4N6NaO24. The van der Waals surface area contributed by atoms with Crippen LogP contribution in [0, 0.1) is 0 Å². The molecule has 0 aliphatic carbocycles. The van der Waals surface area contributed by atoms with E-state index < -0.39 is 150 Å². The van der Waals surface area contributed by atoms with Crippen LogP contribution >= 0.6 is 0 Å². The molecule has 0 bridgehead atoms. The Bertz CT molecular complexity index is 1150. The van der Waals surface area contributed by atoms with E-state index in [1.165, 1.54) is 0 Å². The van der Waals surface area contributed by atoms with Gasteiger partial charge >= 0.3 is 101 Å². The average molecular weight is 1120 g/mol. The molecule has 0 radical (unpaired) electrons. The molecule has 35 heteroatoms. The van der Waals surface area contributed by atoms with Gasteiger partial charge in [-0.3, -0.25) is 86.9 Å². The van der Waals surface area contributed by atoms with Gasteiger partial charge in [0.25, 0.3) is 0 Å². The third-order valence-electron chi connectivity index (χ3n) is 6.50. The number of hydrogen-bond acceptors (Lipinski definition) is 18. The molecule has 0 amide bonds. The minimum atomic E-state index is -1.23. The Labute approximate surface area is 434 Å². The quantitative estimate of drug-likeness (QED) is 0.0272. The first-order valence-electron chi connectivity index (χ1n) is 16.6. The standard InChI is InChI=1S/3C10H16N2O8.4Fe.Na.H/c3*13-7(14)3-11(4-8(15)16)1-2-12(5-9(17)18)6-10(19)20;;;;;;/h3*1-6H2,(H,13,14)(H,15,16)(H,17,18)(H,19,20);;;;;;/q;;;;;;;+1;-1. The monoisotopic (exact) mass is 1120 g/mol. The molecule has 65 heavy (non-hydrogen) atoms. The van der Waals surface area contributed by atoms with Gasteiger partial charge in [0.15, 0.2) is 0 Å². The van der Waals surface area contributed by atoms with Crippen LogP contribution in [0.2, 0.25) is 0 Å². The molecule has 0 heterocycles. The normalized spacial score (nSPS) is 9.88. The van der Waals surface area contributed by atoms with Gasteiger partial charge in [0.1, 0.15) is 0 Å². The molecule has 0 aromatic carbocycles. The Hall–Kier alpha value is -3.52. The van der Waals surface area contributed by atoms with Crippen LogP contribution in [-0.4, -0.2) is 280 Å². The van der Waals surface area contributed by atoms with E-state index in [0.29, 0.717) is 0 Å². The minimum absolute atomic E-state index is 0. The van der Waals surface area contributed by atoms with Gasteiger partial charge in [-0.05, 0) is 0 Å². The molecular weight excluding hydrogens is 1070 g/mol. The topological polar surface area (TPSA) is 467 Å². The summed E-state index contributed by atoms with van der Waals surface area (Å²) in [5.41, 5.74) is 0. The van der Waals surface area contributed by atoms with Crippen LogP contribution in [0.3, 0.4) is 0 Å². The van der Waals surface area contributed by atoms with Crippen LogP contribution in [0.5, 0.6) is 0 Å². The number of aliphatic carboxylic acids is 12. The molecule has 0 rings (SSSR count). The zero-order valence-corrected chi connectivity index (χ0v) is 40.5. The van der Waals surface area contributed by atoms with E-state index in [9.17, 15) is 57.5 Å². The molecule has 0 aromatic heterocycles. The summed E-state index contributed by atoms with van der Waals surface area (Å²) in [6, 6.07) is 0. The zero-order valence-electron chi connectivity index (χ0n) is 35.1. The van der Waals surface area contributed by atoms with Gasteiger partial charge in [-0.15, -0.1) is 0 Å². The number of carboxylic acid groups (broad SMARTS) is 12. The summed E-state index contributed by atoms with van der Waals surface area (Å²) in [4.78, 5) is 133. The van der Waals surface area contributed by atoms with Crippen LogP contribution in [0.4, 0.5) is 0 Å². The summed E-state index contributed by atoms with van der Waals surface area (Å²) >= 11 is 0. The SMILES string of the molecule is O=C(O)CN(CCN(CC(=O)O)CC(=O)O)CC(=O)O.O=C(O)CN(CCN(CC(=O)O)CC(=O)O)CC(=O)O.O=C(O)CN(CCN(CC(=O)O)CC(=O)O)CC(=O)O.[Fe].[Fe].[Fe].[Fe].[H-].[Na+]. The van der Waals surface area contributed by atoms with Crippen LogP contribution in [0.1, 0.15) is 1.43 Å². The van der Waals surface area contributed by atoms with Gasteiger partial charge in [-0.2, -0.15) is 0 Å². The number of carboxylic acids is 12. The van der Waals surface area contributed by atoms with Crippen molar-refractivity contribution >= 4 is 71.6 Å². The molecule has 30 nitrogen and oxygen atoms in total. The van der Waals surface area contributed by atoms with Crippen molar-refractivity contribution in [2.24, 2.45) is 0 Å². The average Bonchev–Trinajstić information content (AvgIpc) is 3.02. The molecule has 0 fully saturated rings. The van der Waals surface area contributed by atoms with Crippen LogP contribution in [-0.2, 0) is 126 Å². The largest absolute Gasteiger partial charge is 1.00 e. The summed E-state index contributed by atoms with van der Waals surface area (Å²) in [7, 11) is 0. The summed E-state index contributed by atoms with van der Waals surface area (Å²) in [6.07, 6.45) is 0. The fourth-order valence-electron chi connectivity index (χ4n) is 4.43. The fourth-order valence-corrected chi connectivity index (χ4v) is 4.43. The Morgan fingerprint density at radius 2 is 0.277 bits per heavy atom. The van der Waals surface area contributed by atoms with Crippen molar-refractivity contribution in [3.63, 3.8) is 0 Å². The van der Waals surface area contributed by atoms with E-state index in [4.69, 9.17) is 61.3 Å². The van der Waals surface area contributed by atoms with Gasteiger partial charge in [-0.1, -0.05) is 0 Å². The molecule has 0 saturated carbocycles. The maximum Gasteiger partial charge on any atom is 1.00 e. The van der Waals surface area contributed by atoms with Crippen molar-refractivity contribution in [3.05, 3.63) is 0 Å². The molecule has 0 spiro atoms. The third-order valence-corrected chi connectivity index (χ3v) is 6.50. The number of nitrogens with zero attached hydrogens (tertiary/aromatic N) is 6. The van der Waals surface area contributed by atoms with Crippen molar-refractivity contribution in [2.75, 3.05) is 118 Å². The smallest absolute Gasteiger partial charge is 1.00 e. The first-order chi connectivity index (χ1) is 27.6. The fraction of sp³-hybridized carbons (Fsp3) is 0.600. The van der Waals surface area contributed by atoms with E-state index in [1.807, 2.05) is 0 Å². The van der Waals surface area contributed by atoms with Gasteiger partial charge in [-0.25, -0.2) is 0 Å². The Balaban J connectivity index is -0.000000101. The molecule has 0 aromatic rings. The summed E-state index contributed by atoms with van der Waals surface area (Å²) in [5.74, 6) is -14.7. The third kappa shape index (κ3) is 58.5. The second-order valence-electron chi connectivity index (χ2n) is 12.0. The van der Waals surface area contributed by atoms with Gasteiger partial charge in [0.2, 0.25) is 0 Å². The van der Waals surface area contributed by atoms with Crippen LogP contribution < -0.4 is 29.6 Å². The van der Waals surface area contributed by atoms with Gasteiger partial charge in [0.05, 0.1) is 78.5 Å². The predicted molar refractivity (Wildman–Crippen MR) is 191 cm³/mol. The number of carbonyl (C=O) groups is 12. The summed E-state index contributed by atoms with van der Waals surface area (Å²) < 4.78 is 0. The Morgan fingerprint density at radius 3 is 0.323 bits per heavy atom.